The molecule has 3 rings (SSSR count). The van der Waals surface area contributed by atoms with E-state index in [9.17, 15) is 4.79 Å². The maximum absolute atomic E-state index is 12.7. The Kier molecular flexibility index (Phi) is 7.34. The topological polar surface area (TPSA) is 55.6 Å². The van der Waals surface area contributed by atoms with Gasteiger partial charge in [0.1, 0.15) is 5.75 Å². The van der Waals surface area contributed by atoms with Gasteiger partial charge in [0, 0.05) is 24.3 Å². The largest absolute Gasteiger partial charge is 0.494 e. The Labute approximate surface area is 161 Å². The molecule has 2 aromatic carbocycles. The number of amides is 1. The van der Waals surface area contributed by atoms with Crippen molar-refractivity contribution < 1.29 is 9.53 Å². The molecule has 0 bridgehead atoms. The second kappa shape index (κ2) is 9.48. The van der Waals surface area contributed by atoms with Gasteiger partial charge in [0.15, 0.2) is 0 Å². The molecule has 0 aromatic heterocycles. The quantitative estimate of drug-likeness (QED) is 0.763. The van der Waals surface area contributed by atoms with Gasteiger partial charge in [0.2, 0.25) is 5.91 Å². The fraction of sp³-hybridized carbons (Fsp3) is 0.381. The number of aryl methyl sites for hydroxylation is 1. The molecular formula is C21H27ClN2O2. The fourth-order valence-electron chi connectivity index (χ4n) is 3.27. The number of hydrogen-bond donors (Lipinski definition) is 1. The third kappa shape index (κ3) is 4.70. The summed E-state index contributed by atoms with van der Waals surface area (Å²) in [6.07, 6.45) is 4.16. The molecule has 1 aliphatic rings. The van der Waals surface area contributed by atoms with Gasteiger partial charge in [-0.15, -0.1) is 12.4 Å². The minimum Gasteiger partial charge on any atom is -0.494 e. The van der Waals surface area contributed by atoms with E-state index in [1.54, 1.807) is 0 Å². The molecule has 0 spiro atoms. The van der Waals surface area contributed by atoms with Crippen LogP contribution in [0.15, 0.2) is 42.5 Å². The lowest BCUT2D eigenvalue weighted by molar-refractivity contribution is -0.118. The summed E-state index contributed by atoms with van der Waals surface area (Å²) < 4.78 is 5.59. The van der Waals surface area contributed by atoms with E-state index >= 15 is 0 Å². The van der Waals surface area contributed by atoms with Gasteiger partial charge >= 0.3 is 0 Å². The lowest BCUT2D eigenvalue weighted by Crippen LogP contribution is -2.35. The van der Waals surface area contributed by atoms with E-state index in [1.807, 2.05) is 47.4 Å². The van der Waals surface area contributed by atoms with E-state index in [-0.39, 0.29) is 18.3 Å². The van der Waals surface area contributed by atoms with Crippen molar-refractivity contribution in [2.24, 2.45) is 0 Å². The summed E-state index contributed by atoms with van der Waals surface area (Å²) in [6, 6.07) is 13.9. The summed E-state index contributed by atoms with van der Waals surface area (Å²) in [6.45, 7) is 3.60. The van der Waals surface area contributed by atoms with Crippen LogP contribution in [0.5, 0.6) is 5.75 Å². The highest BCUT2D eigenvalue weighted by atomic mass is 35.5. The molecule has 5 heteroatoms. The minimum absolute atomic E-state index is 0. The molecule has 1 heterocycles. The van der Waals surface area contributed by atoms with Crippen molar-refractivity contribution in [1.29, 1.82) is 0 Å². The zero-order valence-electron chi connectivity index (χ0n) is 15.2. The number of fused-ring (bicyclic) bond motifs is 1. The molecule has 2 aromatic rings. The molecule has 0 saturated heterocycles. The Morgan fingerprint density at radius 1 is 1.19 bits per heavy atom. The van der Waals surface area contributed by atoms with Crippen LogP contribution in [0.4, 0.5) is 11.4 Å². The number of anilines is 2. The van der Waals surface area contributed by atoms with Crippen molar-refractivity contribution in [3.63, 3.8) is 0 Å². The van der Waals surface area contributed by atoms with E-state index in [0.29, 0.717) is 6.42 Å². The molecule has 0 radical (unpaired) electrons. The highest BCUT2D eigenvalue weighted by Crippen LogP contribution is 2.31. The predicted octanol–water partition coefficient (Wildman–Crippen LogP) is 4.39. The normalized spacial score (nSPS) is 12.9. The Morgan fingerprint density at radius 3 is 2.69 bits per heavy atom. The Bertz CT molecular complexity index is 731. The van der Waals surface area contributed by atoms with Gasteiger partial charge < -0.3 is 15.4 Å². The zero-order chi connectivity index (χ0) is 17.6. The summed E-state index contributed by atoms with van der Waals surface area (Å²) in [5.41, 5.74) is 10.1. The number of halogens is 1. The average Bonchev–Trinajstić information content (AvgIpc) is 2.65. The average molecular weight is 375 g/mol. The predicted molar refractivity (Wildman–Crippen MR) is 109 cm³/mol. The Morgan fingerprint density at radius 2 is 1.96 bits per heavy atom. The third-order valence-electron chi connectivity index (χ3n) is 4.61. The van der Waals surface area contributed by atoms with E-state index in [4.69, 9.17) is 10.5 Å². The minimum atomic E-state index is 0. The van der Waals surface area contributed by atoms with Gasteiger partial charge in [-0.1, -0.05) is 25.1 Å². The van der Waals surface area contributed by atoms with Crippen LogP contribution in [0, 0.1) is 0 Å². The molecule has 26 heavy (non-hydrogen) atoms. The molecule has 0 aliphatic carbocycles. The van der Waals surface area contributed by atoms with Crippen LogP contribution in [-0.2, 0) is 17.6 Å². The third-order valence-corrected chi connectivity index (χ3v) is 4.61. The highest BCUT2D eigenvalue weighted by molar-refractivity contribution is 5.95. The summed E-state index contributed by atoms with van der Waals surface area (Å²) in [5, 5.41) is 0. The summed E-state index contributed by atoms with van der Waals surface area (Å²) in [5.74, 6) is 1.05. The first-order valence-electron chi connectivity index (χ1n) is 9.08. The lowest BCUT2D eigenvalue weighted by atomic mass is 9.99. The summed E-state index contributed by atoms with van der Waals surface area (Å²) >= 11 is 0. The van der Waals surface area contributed by atoms with Crippen LogP contribution in [0.25, 0.3) is 0 Å². The van der Waals surface area contributed by atoms with Gasteiger partial charge in [-0.3, -0.25) is 4.79 Å². The van der Waals surface area contributed by atoms with Crippen LogP contribution in [0.3, 0.4) is 0 Å². The Balaban J connectivity index is 0.00000243. The first-order chi connectivity index (χ1) is 12.2. The second-order valence-electron chi connectivity index (χ2n) is 6.49. The number of rotatable bonds is 6. The van der Waals surface area contributed by atoms with Gasteiger partial charge in [-0.2, -0.15) is 0 Å². The van der Waals surface area contributed by atoms with Crippen LogP contribution in [-0.4, -0.2) is 19.1 Å². The number of nitrogen functional groups attached to an aromatic ring is 1. The number of benzene rings is 2. The first-order valence-corrected chi connectivity index (χ1v) is 9.08. The second-order valence-corrected chi connectivity index (χ2v) is 6.49. The fourth-order valence-corrected chi connectivity index (χ4v) is 3.27. The van der Waals surface area contributed by atoms with Crippen molar-refractivity contribution >= 4 is 29.7 Å². The van der Waals surface area contributed by atoms with Crippen LogP contribution < -0.4 is 15.4 Å². The standard InChI is InChI=1S/C21H26N2O2.ClH/c1-2-15-25-17-11-8-16(9-12-17)10-13-21(24)23-14-4-5-18-19(22)6-3-7-20(18)23;/h3,6-9,11-12H,2,4-5,10,13-15,22H2,1H3;1H. The molecule has 0 atom stereocenters. The van der Waals surface area contributed by atoms with Gasteiger partial charge in [-0.25, -0.2) is 0 Å². The number of ether oxygens (including phenoxy) is 1. The molecule has 1 amide bonds. The molecule has 0 saturated carbocycles. The summed E-state index contributed by atoms with van der Waals surface area (Å²) in [4.78, 5) is 14.6. The van der Waals surface area contributed by atoms with Crippen LogP contribution in [0.2, 0.25) is 0 Å². The molecule has 4 nitrogen and oxygen atoms in total. The van der Waals surface area contributed by atoms with Gasteiger partial charge in [0.05, 0.1) is 6.61 Å². The molecular weight excluding hydrogens is 348 g/mol. The monoisotopic (exact) mass is 374 g/mol. The highest BCUT2D eigenvalue weighted by Gasteiger charge is 2.23. The Hall–Kier alpha value is -2.20. The maximum Gasteiger partial charge on any atom is 0.227 e. The number of hydrogen-bond acceptors (Lipinski definition) is 3. The molecule has 2 N–H and O–H groups in total. The molecule has 0 fully saturated rings. The van der Waals surface area contributed by atoms with E-state index in [1.165, 1.54) is 0 Å². The maximum atomic E-state index is 12.7. The van der Waals surface area contributed by atoms with E-state index in [2.05, 4.69) is 6.92 Å². The van der Waals surface area contributed by atoms with Crippen molar-refractivity contribution in [2.45, 2.75) is 39.0 Å². The molecule has 0 unspecified atom stereocenters. The van der Waals surface area contributed by atoms with E-state index < -0.39 is 0 Å². The first kappa shape index (κ1) is 20.1. The van der Waals surface area contributed by atoms with Gasteiger partial charge in [0.25, 0.3) is 0 Å². The van der Waals surface area contributed by atoms with Crippen molar-refractivity contribution in [2.75, 3.05) is 23.8 Å². The van der Waals surface area contributed by atoms with Gasteiger partial charge in [-0.05, 0) is 61.1 Å². The molecule has 1 aliphatic heterocycles. The summed E-state index contributed by atoms with van der Waals surface area (Å²) in [7, 11) is 0. The zero-order valence-corrected chi connectivity index (χ0v) is 16.1. The number of carbonyl (C=O) groups is 1. The van der Waals surface area contributed by atoms with Crippen molar-refractivity contribution in [3.8, 4) is 5.75 Å². The van der Waals surface area contributed by atoms with Crippen LogP contribution in [0.1, 0.15) is 37.3 Å². The van der Waals surface area contributed by atoms with Crippen molar-refractivity contribution in [3.05, 3.63) is 53.6 Å². The van der Waals surface area contributed by atoms with Crippen LogP contribution >= 0.6 is 12.4 Å². The SMILES string of the molecule is CCCOc1ccc(CCC(=O)N2CCCc3c(N)cccc32)cc1.Cl. The lowest BCUT2D eigenvalue weighted by Gasteiger charge is -2.30. The molecule has 140 valence electrons. The number of nitrogens with zero attached hydrogens (tertiary/aromatic N) is 1. The smallest absolute Gasteiger partial charge is 0.227 e. The van der Waals surface area contributed by atoms with Crippen molar-refractivity contribution in [1.82, 2.24) is 0 Å². The number of carbonyl (C=O) groups excluding carboxylic acids is 1. The van der Waals surface area contributed by atoms with E-state index in [0.717, 1.165) is 67.1 Å². The number of nitrogens with two attached hydrogens (primary N) is 1.